The number of nitrogens with one attached hydrogen (secondary N) is 3. The molecule has 0 bridgehead atoms. The number of hydrogen-bond donors (Lipinski definition) is 9. The van der Waals surface area contributed by atoms with Crippen LogP contribution >= 0.6 is 12.6 Å². The van der Waals surface area contributed by atoms with Gasteiger partial charge in [0.05, 0.1) is 12.5 Å². The molecule has 194 valence electrons. The monoisotopic (exact) mass is 505 g/mol. The molecule has 0 heterocycles. The standard InChI is InChI=1S/C19H35N7O7S/c1-3-9(2)14(20)17(31)26-12(8-34)16(30)24-10(5-4-6-23-19(21)22)15(29)25-11(18(32)33)7-13(27)28/h9-12,14,34H,3-8,20H2,1-2H3,(H,24,30)(H,25,29)(H,26,31)(H,27,28)(H,32,33)(H4,21,22,23). The van der Waals surface area contributed by atoms with E-state index in [1.54, 1.807) is 6.92 Å². The van der Waals surface area contributed by atoms with Crippen molar-refractivity contribution in [2.75, 3.05) is 12.3 Å². The predicted octanol–water partition coefficient (Wildman–Crippen LogP) is -2.64. The fourth-order valence-electron chi connectivity index (χ4n) is 2.67. The van der Waals surface area contributed by atoms with Crippen molar-refractivity contribution < 1.29 is 34.2 Å². The lowest BCUT2D eigenvalue weighted by molar-refractivity contribution is -0.147. The Morgan fingerprint density at radius 3 is 1.94 bits per heavy atom. The van der Waals surface area contributed by atoms with Gasteiger partial charge >= 0.3 is 11.9 Å². The fourth-order valence-corrected chi connectivity index (χ4v) is 2.92. The summed E-state index contributed by atoms with van der Waals surface area (Å²) in [5.74, 6) is -5.65. The third-order valence-electron chi connectivity index (χ3n) is 4.95. The highest BCUT2D eigenvalue weighted by Gasteiger charge is 2.31. The first-order chi connectivity index (χ1) is 15.8. The second-order valence-corrected chi connectivity index (χ2v) is 8.03. The lowest BCUT2D eigenvalue weighted by Crippen LogP contribution is -2.58. The van der Waals surface area contributed by atoms with Crippen molar-refractivity contribution in [3.05, 3.63) is 0 Å². The first-order valence-corrected chi connectivity index (χ1v) is 11.2. The molecule has 5 atom stereocenters. The molecule has 14 nitrogen and oxygen atoms in total. The van der Waals surface area contributed by atoms with Crippen molar-refractivity contribution in [3.8, 4) is 0 Å². The van der Waals surface area contributed by atoms with Gasteiger partial charge in [-0.3, -0.25) is 24.2 Å². The second-order valence-electron chi connectivity index (χ2n) is 7.66. The molecule has 15 heteroatoms. The Morgan fingerprint density at radius 1 is 0.941 bits per heavy atom. The number of carbonyl (C=O) groups is 5. The van der Waals surface area contributed by atoms with Gasteiger partial charge in [0.1, 0.15) is 18.1 Å². The van der Waals surface area contributed by atoms with Gasteiger partial charge in [0.15, 0.2) is 5.96 Å². The van der Waals surface area contributed by atoms with Gasteiger partial charge in [-0.2, -0.15) is 12.6 Å². The SMILES string of the molecule is CCC(C)C(N)C(=O)NC(CS)C(=O)NC(CCCN=C(N)N)C(=O)NC(CC(=O)O)C(=O)O. The van der Waals surface area contributed by atoms with Crippen molar-refractivity contribution in [1.82, 2.24) is 16.0 Å². The summed E-state index contributed by atoms with van der Waals surface area (Å²) in [5.41, 5.74) is 16.4. The number of thiol groups is 1. The Morgan fingerprint density at radius 2 is 1.47 bits per heavy atom. The number of nitrogens with two attached hydrogens (primary N) is 3. The minimum absolute atomic E-state index is 0.00656. The van der Waals surface area contributed by atoms with E-state index in [9.17, 15) is 29.1 Å². The number of hydrogen-bond acceptors (Lipinski definition) is 8. The molecular weight excluding hydrogens is 470 g/mol. The maximum atomic E-state index is 12.8. The van der Waals surface area contributed by atoms with Crippen LogP contribution in [0, 0.1) is 5.92 Å². The van der Waals surface area contributed by atoms with E-state index >= 15 is 0 Å². The molecule has 0 aromatic heterocycles. The molecule has 0 aliphatic carbocycles. The molecule has 0 aliphatic heterocycles. The number of rotatable bonds is 16. The number of guanidine groups is 1. The van der Waals surface area contributed by atoms with Crippen molar-refractivity contribution in [2.24, 2.45) is 28.1 Å². The average Bonchev–Trinajstić information content (AvgIpc) is 2.76. The normalized spacial score (nSPS) is 15.1. The van der Waals surface area contributed by atoms with Crippen LogP contribution in [-0.4, -0.2) is 82.3 Å². The van der Waals surface area contributed by atoms with E-state index < -0.39 is 60.2 Å². The highest BCUT2D eigenvalue weighted by atomic mass is 32.1. The topological polar surface area (TPSA) is 252 Å². The van der Waals surface area contributed by atoms with Crippen molar-refractivity contribution in [2.45, 2.75) is 63.7 Å². The molecule has 0 aliphatic rings. The third-order valence-corrected chi connectivity index (χ3v) is 5.31. The summed E-state index contributed by atoms with van der Waals surface area (Å²) in [6.45, 7) is 3.77. The summed E-state index contributed by atoms with van der Waals surface area (Å²) in [5, 5.41) is 25.0. The molecule has 0 radical (unpaired) electrons. The molecule has 0 saturated carbocycles. The van der Waals surface area contributed by atoms with Crippen LogP contribution in [0.4, 0.5) is 0 Å². The molecule has 0 spiro atoms. The summed E-state index contributed by atoms with van der Waals surface area (Å²) in [6, 6.07) is -4.96. The van der Waals surface area contributed by atoms with Crippen LogP contribution in [0.15, 0.2) is 4.99 Å². The first-order valence-electron chi connectivity index (χ1n) is 10.6. The Balaban J connectivity index is 5.46. The van der Waals surface area contributed by atoms with Gasteiger partial charge in [0, 0.05) is 12.3 Å². The van der Waals surface area contributed by atoms with Crippen molar-refractivity contribution in [3.63, 3.8) is 0 Å². The maximum Gasteiger partial charge on any atom is 0.326 e. The molecule has 5 unspecified atom stereocenters. The van der Waals surface area contributed by atoms with Crippen LogP contribution < -0.4 is 33.2 Å². The second kappa shape index (κ2) is 15.7. The summed E-state index contributed by atoms with van der Waals surface area (Å²) >= 11 is 4.07. The molecule has 34 heavy (non-hydrogen) atoms. The van der Waals surface area contributed by atoms with Crippen LogP contribution in [-0.2, 0) is 24.0 Å². The summed E-state index contributed by atoms with van der Waals surface area (Å²) in [7, 11) is 0. The maximum absolute atomic E-state index is 12.8. The van der Waals surface area contributed by atoms with E-state index in [4.69, 9.17) is 22.3 Å². The van der Waals surface area contributed by atoms with Crippen LogP contribution in [0.1, 0.15) is 39.5 Å². The average molecular weight is 506 g/mol. The molecule has 0 saturated heterocycles. The smallest absolute Gasteiger partial charge is 0.326 e. The summed E-state index contributed by atoms with van der Waals surface area (Å²) in [6.07, 6.45) is 0.00112. The highest BCUT2D eigenvalue weighted by molar-refractivity contribution is 7.80. The number of carboxylic acids is 2. The van der Waals surface area contributed by atoms with Gasteiger partial charge in [0.2, 0.25) is 17.7 Å². The van der Waals surface area contributed by atoms with Crippen LogP contribution in [0.5, 0.6) is 0 Å². The van der Waals surface area contributed by atoms with Gasteiger partial charge in [-0.1, -0.05) is 20.3 Å². The number of carboxylic acid groups (broad SMARTS) is 2. The zero-order chi connectivity index (χ0) is 26.4. The van der Waals surface area contributed by atoms with Gasteiger partial charge in [0.25, 0.3) is 0 Å². The quantitative estimate of drug-likeness (QED) is 0.0456. The molecule has 3 amide bonds. The largest absolute Gasteiger partial charge is 0.481 e. The Labute approximate surface area is 202 Å². The summed E-state index contributed by atoms with van der Waals surface area (Å²) < 4.78 is 0. The third kappa shape index (κ3) is 11.7. The Bertz CT molecular complexity index is 761. The van der Waals surface area contributed by atoms with E-state index in [0.29, 0.717) is 6.42 Å². The predicted molar refractivity (Wildman–Crippen MR) is 127 cm³/mol. The lowest BCUT2D eigenvalue weighted by Gasteiger charge is -2.25. The fraction of sp³-hybridized carbons (Fsp3) is 0.684. The van der Waals surface area contributed by atoms with E-state index in [0.717, 1.165) is 0 Å². The number of nitrogens with zero attached hydrogens (tertiary/aromatic N) is 1. The molecule has 0 aromatic carbocycles. The highest BCUT2D eigenvalue weighted by Crippen LogP contribution is 2.07. The molecule has 0 aromatic rings. The minimum Gasteiger partial charge on any atom is -0.481 e. The minimum atomic E-state index is -1.71. The lowest BCUT2D eigenvalue weighted by atomic mass is 9.99. The molecule has 0 fully saturated rings. The van der Waals surface area contributed by atoms with Gasteiger partial charge < -0.3 is 43.4 Å². The zero-order valence-corrected chi connectivity index (χ0v) is 20.1. The number of aliphatic imine (C=N–C) groups is 1. The van der Waals surface area contributed by atoms with Crippen LogP contribution in [0.2, 0.25) is 0 Å². The van der Waals surface area contributed by atoms with Gasteiger partial charge in [-0.05, 0) is 18.8 Å². The summed E-state index contributed by atoms with van der Waals surface area (Å²) in [4.78, 5) is 63.7. The van der Waals surface area contributed by atoms with E-state index in [2.05, 4.69) is 33.6 Å². The first kappa shape index (κ1) is 30.9. The molecular formula is C19H35N7O7S. The number of aliphatic carboxylic acids is 2. The van der Waals surface area contributed by atoms with Gasteiger partial charge in [-0.15, -0.1) is 0 Å². The van der Waals surface area contributed by atoms with Crippen molar-refractivity contribution >= 4 is 48.2 Å². The number of carbonyl (C=O) groups excluding carboxylic acids is 3. The Hall–Kier alpha value is -3.07. The van der Waals surface area contributed by atoms with E-state index in [1.165, 1.54) is 0 Å². The van der Waals surface area contributed by atoms with Gasteiger partial charge in [-0.25, -0.2) is 4.79 Å². The molecule has 0 rings (SSSR count). The van der Waals surface area contributed by atoms with Crippen LogP contribution in [0.3, 0.4) is 0 Å². The zero-order valence-electron chi connectivity index (χ0n) is 19.2. The Kier molecular flexibility index (Phi) is 14.3. The molecule has 11 N–H and O–H groups in total. The number of amides is 3. The van der Waals surface area contributed by atoms with Crippen molar-refractivity contribution in [1.29, 1.82) is 0 Å². The van der Waals surface area contributed by atoms with E-state index in [-0.39, 0.29) is 37.0 Å². The van der Waals surface area contributed by atoms with E-state index in [1.807, 2.05) is 6.92 Å². The van der Waals surface area contributed by atoms with Crippen LogP contribution in [0.25, 0.3) is 0 Å².